The fourth-order valence-electron chi connectivity index (χ4n) is 4.08. The molecule has 166 valence electrons. The van der Waals surface area contributed by atoms with Crippen LogP contribution in [-0.4, -0.2) is 38.4 Å². The number of hydrogen-bond donors (Lipinski definition) is 2. The molecule has 31 heavy (non-hydrogen) atoms. The maximum Gasteiger partial charge on any atom is 0.255 e. The molecule has 0 radical (unpaired) electrons. The summed E-state index contributed by atoms with van der Waals surface area (Å²) in [7, 11) is -3.60. The number of carbonyl (C=O) groups excluding carboxylic acids is 1. The van der Waals surface area contributed by atoms with Crippen LogP contribution in [0, 0.1) is 12.8 Å². The van der Waals surface area contributed by atoms with Crippen molar-refractivity contribution in [1.82, 2.24) is 9.62 Å². The fourth-order valence-corrected chi connectivity index (χ4v) is 5.41. The minimum atomic E-state index is -3.60. The molecule has 2 aromatic carbocycles. The first kappa shape index (κ1) is 22.0. The van der Waals surface area contributed by atoms with Gasteiger partial charge in [-0.25, -0.2) is 13.1 Å². The van der Waals surface area contributed by atoms with Gasteiger partial charge in [-0.2, -0.15) is 0 Å². The Morgan fingerprint density at radius 1 is 1.10 bits per heavy atom. The van der Waals surface area contributed by atoms with Crippen LogP contribution in [0.1, 0.15) is 54.1 Å². The summed E-state index contributed by atoms with van der Waals surface area (Å²) in [6.07, 6.45) is 4.29. The third kappa shape index (κ3) is 5.73. The average Bonchev–Trinajstić information content (AvgIpc) is 3.53. The molecular weight excluding hydrogens is 410 g/mol. The second-order valence-electron chi connectivity index (χ2n) is 9.01. The number of nitrogens with zero attached hydrogens (tertiary/aromatic N) is 1. The molecule has 1 heterocycles. The van der Waals surface area contributed by atoms with E-state index >= 15 is 0 Å². The van der Waals surface area contributed by atoms with Crippen LogP contribution in [0.4, 0.5) is 5.69 Å². The monoisotopic (exact) mass is 441 g/mol. The second kappa shape index (κ2) is 9.10. The molecule has 0 spiro atoms. The van der Waals surface area contributed by atoms with Crippen molar-refractivity contribution in [3.8, 4) is 0 Å². The van der Waals surface area contributed by atoms with Crippen molar-refractivity contribution >= 4 is 21.6 Å². The molecular formula is C24H31N3O3S. The van der Waals surface area contributed by atoms with E-state index in [4.69, 9.17) is 0 Å². The van der Waals surface area contributed by atoms with Gasteiger partial charge in [-0.05, 0) is 80.5 Å². The Morgan fingerprint density at radius 3 is 2.52 bits per heavy atom. The number of aryl methyl sites for hydroxylation is 1. The first-order chi connectivity index (χ1) is 14.8. The molecule has 4 rings (SSSR count). The quantitative estimate of drug-likeness (QED) is 0.683. The highest BCUT2D eigenvalue weighted by atomic mass is 32.2. The molecule has 1 saturated carbocycles. The molecule has 1 aliphatic carbocycles. The molecule has 2 N–H and O–H groups in total. The van der Waals surface area contributed by atoms with Gasteiger partial charge in [0, 0.05) is 30.4 Å². The lowest BCUT2D eigenvalue weighted by Crippen LogP contribution is -2.33. The van der Waals surface area contributed by atoms with Gasteiger partial charge in [0.25, 0.3) is 5.91 Å². The summed E-state index contributed by atoms with van der Waals surface area (Å²) in [6.45, 7) is 7.30. The summed E-state index contributed by atoms with van der Waals surface area (Å²) in [5.74, 6) is 0.438. The van der Waals surface area contributed by atoms with Gasteiger partial charge in [0.1, 0.15) is 0 Å². The van der Waals surface area contributed by atoms with E-state index < -0.39 is 10.0 Å². The third-order valence-electron chi connectivity index (χ3n) is 6.02. The van der Waals surface area contributed by atoms with E-state index in [1.165, 1.54) is 24.5 Å². The summed E-state index contributed by atoms with van der Waals surface area (Å²) in [4.78, 5) is 15.5. The van der Waals surface area contributed by atoms with Crippen LogP contribution in [0.3, 0.4) is 0 Å². The molecule has 1 amide bonds. The minimum Gasteiger partial charge on any atom is -0.322 e. The minimum absolute atomic E-state index is 0.0234. The smallest absolute Gasteiger partial charge is 0.255 e. The highest BCUT2D eigenvalue weighted by Crippen LogP contribution is 2.24. The number of hydrogen-bond acceptors (Lipinski definition) is 4. The van der Waals surface area contributed by atoms with Crippen molar-refractivity contribution in [1.29, 1.82) is 0 Å². The molecule has 1 unspecified atom stereocenters. The largest absolute Gasteiger partial charge is 0.322 e. The fraction of sp³-hybridized carbons (Fsp3) is 0.458. The van der Waals surface area contributed by atoms with Crippen molar-refractivity contribution in [3.05, 3.63) is 59.2 Å². The Balaban J connectivity index is 1.42. The van der Waals surface area contributed by atoms with E-state index in [0.29, 0.717) is 11.3 Å². The van der Waals surface area contributed by atoms with E-state index in [2.05, 4.69) is 21.9 Å². The number of anilines is 1. The number of carbonyl (C=O) groups is 1. The number of benzene rings is 2. The highest BCUT2D eigenvalue weighted by molar-refractivity contribution is 7.89. The van der Waals surface area contributed by atoms with Gasteiger partial charge < -0.3 is 5.32 Å². The normalized spacial score (nSPS) is 19.9. The topological polar surface area (TPSA) is 78.5 Å². The summed E-state index contributed by atoms with van der Waals surface area (Å²) >= 11 is 0. The van der Waals surface area contributed by atoms with Gasteiger partial charge in [0.15, 0.2) is 0 Å². The molecule has 2 aliphatic rings. The van der Waals surface area contributed by atoms with Crippen molar-refractivity contribution in [2.75, 3.05) is 18.4 Å². The molecule has 0 bridgehead atoms. The Bertz CT molecular complexity index is 1050. The van der Waals surface area contributed by atoms with E-state index in [1.54, 1.807) is 12.1 Å². The maximum absolute atomic E-state index is 12.9. The van der Waals surface area contributed by atoms with Crippen molar-refractivity contribution in [2.45, 2.75) is 57.0 Å². The number of likely N-dealkylation sites (tertiary alicyclic amines) is 1. The van der Waals surface area contributed by atoms with E-state index in [0.717, 1.165) is 44.0 Å². The maximum atomic E-state index is 12.9. The van der Waals surface area contributed by atoms with Crippen LogP contribution in [0.2, 0.25) is 0 Å². The molecule has 2 fully saturated rings. The molecule has 1 atom stereocenters. The summed E-state index contributed by atoms with van der Waals surface area (Å²) in [5, 5.41) is 2.90. The number of rotatable bonds is 7. The Labute approximate surface area is 185 Å². The highest BCUT2D eigenvalue weighted by Gasteiger charge is 2.28. The average molecular weight is 442 g/mol. The van der Waals surface area contributed by atoms with E-state index in [1.807, 2.05) is 31.2 Å². The van der Waals surface area contributed by atoms with Crippen molar-refractivity contribution < 1.29 is 13.2 Å². The molecule has 1 saturated heterocycles. The Morgan fingerprint density at radius 2 is 1.84 bits per heavy atom. The number of sulfonamides is 1. The Hall–Kier alpha value is -2.22. The lowest BCUT2D eigenvalue weighted by Gasteiger charge is -2.30. The number of piperidine rings is 1. The Kier molecular flexibility index (Phi) is 6.46. The molecule has 0 aromatic heterocycles. The van der Waals surface area contributed by atoms with Crippen LogP contribution >= 0.6 is 0 Å². The van der Waals surface area contributed by atoms with Crippen LogP contribution < -0.4 is 10.0 Å². The zero-order valence-corrected chi connectivity index (χ0v) is 19.0. The predicted molar refractivity (Wildman–Crippen MR) is 123 cm³/mol. The van der Waals surface area contributed by atoms with Gasteiger partial charge in [0.2, 0.25) is 10.0 Å². The molecule has 6 nitrogen and oxygen atoms in total. The second-order valence-corrected chi connectivity index (χ2v) is 10.7. The number of nitrogens with one attached hydrogen (secondary N) is 2. The zero-order valence-electron chi connectivity index (χ0n) is 18.2. The first-order valence-electron chi connectivity index (χ1n) is 11.1. The van der Waals surface area contributed by atoms with Crippen molar-refractivity contribution in [3.63, 3.8) is 0 Å². The molecule has 7 heteroatoms. The van der Waals surface area contributed by atoms with Crippen LogP contribution in [0.5, 0.6) is 0 Å². The van der Waals surface area contributed by atoms with E-state index in [-0.39, 0.29) is 16.8 Å². The zero-order chi connectivity index (χ0) is 22.0. The molecule has 1 aliphatic heterocycles. The standard InChI is InChI=1S/C24H31N3O3S/c1-17-4-3-13-27(15-17)16-19-6-8-20(9-7-19)25-24(28)23-14-22(12-5-18(23)2)31(29,30)26-21-10-11-21/h5-9,12,14,17,21,26H,3-4,10-11,13,15-16H2,1-2H3,(H,25,28). The van der Waals surface area contributed by atoms with Gasteiger partial charge >= 0.3 is 0 Å². The third-order valence-corrected chi connectivity index (χ3v) is 7.54. The van der Waals surface area contributed by atoms with Crippen molar-refractivity contribution in [2.24, 2.45) is 5.92 Å². The van der Waals surface area contributed by atoms with Gasteiger partial charge in [0.05, 0.1) is 4.90 Å². The SMILES string of the molecule is Cc1ccc(S(=O)(=O)NC2CC2)cc1C(=O)Nc1ccc(CN2CCCC(C)C2)cc1. The summed E-state index contributed by atoms with van der Waals surface area (Å²) in [6, 6.07) is 12.6. The van der Waals surface area contributed by atoms with Gasteiger partial charge in [-0.15, -0.1) is 0 Å². The summed E-state index contributed by atoms with van der Waals surface area (Å²) in [5.41, 5.74) is 3.02. The van der Waals surface area contributed by atoms with Gasteiger partial charge in [-0.3, -0.25) is 9.69 Å². The number of amides is 1. The van der Waals surface area contributed by atoms with Gasteiger partial charge in [-0.1, -0.05) is 25.1 Å². The summed E-state index contributed by atoms with van der Waals surface area (Å²) < 4.78 is 27.7. The lowest BCUT2D eigenvalue weighted by molar-refractivity contribution is 0.102. The van der Waals surface area contributed by atoms with E-state index in [9.17, 15) is 13.2 Å². The first-order valence-corrected chi connectivity index (χ1v) is 12.5. The lowest BCUT2D eigenvalue weighted by atomic mass is 10.00. The molecule has 2 aromatic rings. The predicted octanol–water partition coefficient (Wildman–Crippen LogP) is 3.92. The van der Waals surface area contributed by atoms with Crippen LogP contribution in [0.15, 0.2) is 47.4 Å². The van der Waals surface area contributed by atoms with Crippen LogP contribution in [-0.2, 0) is 16.6 Å². The van der Waals surface area contributed by atoms with Crippen LogP contribution in [0.25, 0.3) is 0 Å².